The summed E-state index contributed by atoms with van der Waals surface area (Å²) in [4.78, 5) is 38.4. The minimum atomic E-state index is -3.95. The maximum absolute atomic E-state index is 13.9. The van der Waals surface area contributed by atoms with Gasteiger partial charge in [-0.2, -0.15) is 4.98 Å². The topological polar surface area (TPSA) is 158 Å². The van der Waals surface area contributed by atoms with Gasteiger partial charge in [0.1, 0.15) is 22.0 Å². The summed E-state index contributed by atoms with van der Waals surface area (Å²) in [6.07, 6.45) is 8.67. The second kappa shape index (κ2) is 15.0. The normalized spacial score (nSPS) is 16.4. The third kappa shape index (κ3) is 7.26. The van der Waals surface area contributed by atoms with Gasteiger partial charge >= 0.3 is 0 Å². The number of piperazine rings is 1. The SMILES string of the molecule is C=Cc1cnc(Nc2cc(CC)c(C(=O)N3CCC(N4CCN(C)CC4)CC3)cc2OC)nc1Nc1ccc2nccnc2c1S(=O)(=O)NC. The minimum Gasteiger partial charge on any atom is -0.495 e. The van der Waals surface area contributed by atoms with Crippen LogP contribution in [0.25, 0.3) is 17.1 Å². The fourth-order valence-corrected chi connectivity index (χ4v) is 7.63. The lowest BCUT2D eigenvalue weighted by Crippen LogP contribution is -2.53. The Morgan fingerprint density at radius 1 is 1.02 bits per heavy atom. The van der Waals surface area contributed by atoms with E-state index in [1.54, 1.807) is 37.6 Å². The van der Waals surface area contributed by atoms with E-state index in [0.717, 1.165) is 57.7 Å². The lowest BCUT2D eigenvalue weighted by atomic mass is 9.98. The third-order valence-electron chi connectivity index (χ3n) is 9.51. The zero-order valence-corrected chi connectivity index (χ0v) is 29.8. The van der Waals surface area contributed by atoms with E-state index in [4.69, 9.17) is 4.74 Å². The molecule has 4 heterocycles. The highest BCUT2D eigenvalue weighted by molar-refractivity contribution is 7.89. The van der Waals surface area contributed by atoms with Crippen LogP contribution < -0.4 is 20.1 Å². The molecule has 14 nitrogen and oxygen atoms in total. The number of piperidine rings is 1. The number of hydrogen-bond donors (Lipinski definition) is 3. The Labute approximate surface area is 293 Å². The largest absolute Gasteiger partial charge is 0.495 e. The first kappa shape index (κ1) is 35.1. The Morgan fingerprint density at radius 2 is 1.76 bits per heavy atom. The molecule has 1 amide bonds. The number of benzene rings is 2. The summed E-state index contributed by atoms with van der Waals surface area (Å²) in [6, 6.07) is 7.51. The van der Waals surface area contributed by atoms with Gasteiger partial charge in [0, 0.05) is 75.0 Å². The van der Waals surface area contributed by atoms with Gasteiger partial charge in [-0.25, -0.2) is 18.1 Å². The molecule has 4 aromatic rings. The molecule has 264 valence electrons. The molecular formula is C35H44N10O4S. The van der Waals surface area contributed by atoms with Crippen LogP contribution >= 0.6 is 0 Å². The van der Waals surface area contributed by atoms with E-state index in [9.17, 15) is 13.2 Å². The maximum atomic E-state index is 13.9. The molecule has 0 bridgehead atoms. The molecule has 2 fully saturated rings. The number of likely N-dealkylation sites (tertiary alicyclic amines) is 1. The first-order valence-electron chi connectivity index (χ1n) is 16.8. The third-order valence-corrected chi connectivity index (χ3v) is 11.0. The number of nitrogens with zero attached hydrogens (tertiary/aromatic N) is 7. The number of carbonyl (C=O) groups excluding carboxylic acids is 1. The van der Waals surface area contributed by atoms with Gasteiger partial charge in [0.25, 0.3) is 5.91 Å². The molecule has 0 radical (unpaired) electrons. The summed E-state index contributed by atoms with van der Waals surface area (Å²) in [6.45, 7) is 11.7. The van der Waals surface area contributed by atoms with Crippen LogP contribution in [-0.2, 0) is 16.4 Å². The zero-order valence-electron chi connectivity index (χ0n) is 28.9. The number of hydrogen-bond acceptors (Lipinski definition) is 12. The van der Waals surface area contributed by atoms with Gasteiger partial charge in [0.2, 0.25) is 16.0 Å². The van der Waals surface area contributed by atoms with E-state index in [1.165, 1.54) is 19.4 Å². The van der Waals surface area contributed by atoms with Crippen LogP contribution in [0.2, 0.25) is 0 Å². The molecule has 0 spiro atoms. The fraction of sp³-hybridized carbons (Fsp3) is 0.400. The van der Waals surface area contributed by atoms with Crippen molar-refractivity contribution >= 4 is 56.2 Å². The lowest BCUT2D eigenvalue weighted by molar-refractivity contribution is 0.0518. The molecule has 0 aliphatic carbocycles. The van der Waals surface area contributed by atoms with E-state index in [1.807, 2.05) is 17.9 Å². The minimum absolute atomic E-state index is 0.00833. The second-order valence-corrected chi connectivity index (χ2v) is 14.3. The molecule has 0 unspecified atom stereocenters. The van der Waals surface area contributed by atoms with Crippen LogP contribution in [-0.4, -0.2) is 115 Å². The number of anilines is 4. The maximum Gasteiger partial charge on any atom is 0.254 e. The highest BCUT2D eigenvalue weighted by Crippen LogP contribution is 2.34. The molecule has 2 aliphatic heterocycles. The Bertz CT molecular complexity index is 1990. The Kier molecular flexibility index (Phi) is 10.6. The van der Waals surface area contributed by atoms with Crippen LogP contribution in [0.15, 0.2) is 54.3 Å². The lowest BCUT2D eigenvalue weighted by Gasteiger charge is -2.42. The van der Waals surface area contributed by atoms with Crippen molar-refractivity contribution < 1.29 is 17.9 Å². The summed E-state index contributed by atoms with van der Waals surface area (Å²) in [5.41, 5.74) is 3.52. The number of likely N-dealkylation sites (N-methyl/N-ethyl adjacent to an activating group) is 1. The van der Waals surface area contributed by atoms with E-state index >= 15 is 0 Å². The number of rotatable bonds is 11. The zero-order chi connectivity index (χ0) is 35.4. The molecule has 15 heteroatoms. The smallest absolute Gasteiger partial charge is 0.254 e. The number of amides is 1. The molecule has 2 saturated heterocycles. The summed E-state index contributed by atoms with van der Waals surface area (Å²) < 4.78 is 34.5. The molecule has 0 atom stereocenters. The van der Waals surface area contributed by atoms with Crippen molar-refractivity contribution in [1.29, 1.82) is 0 Å². The monoisotopic (exact) mass is 700 g/mol. The molecule has 6 rings (SSSR count). The van der Waals surface area contributed by atoms with Crippen molar-refractivity contribution in [2.45, 2.75) is 37.1 Å². The van der Waals surface area contributed by atoms with Crippen LogP contribution in [0.4, 0.5) is 23.1 Å². The van der Waals surface area contributed by atoms with Crippen molar-refractivity contribution in [3.8, 4) is 5.75 Å². The van der Waals surface area contributed by atoms with Crippen molar-refractivity contribution in [1.82, 2.24) is 39.4 Å². The van der Waals surface area contributed by atoms with Gasteiger partial charge in [-0.05, 0) is 63.2 Å². The van der Waals surface area contributed by atoms with Crippen molar-refractivity contribution in [3.05, 3.63) is 66.1 Å². The van der Waals surface area contributed by atoms with Crippen molar-refractivity contribution in [2.24, 2.45) is 0 Å². The van der Waals surface area contributed by atoms with E-state index in [2.05, 4.69) is 58.7 Å². The van der Waals surface area contributed by atoms with E-state index < -0.39 is 10.0 Å². The van der Waals surface area contributed by atoms with Crippen molar-refractivity contribution in [3.63, 3.8) is 0 Å². The van der Waals surface area contributed by atoms with E-state index in [-0.39, 0.29) is 28.0 Å². The standard InChI is InChI=1S/C35H44N10O4S/c1-6-23-20-29(30(49-5)21-26(23)34(46)45-14-10-25(11-15-45)44-18-16-43(4)17-19-44)41-35-39-22-24(7-2)33(42-35)40-28-9-8-27-31(38-13-12-37-27)32(28)50(47,48)36-3/h7-9,12-13,20-22,25,36H,2,6,10-11,14-19H2,1,3-5H3,(H2,39,40,41,42). The number of aromatic nitrogens is 4. The number of aryl methyl sites for hydroxylation is 1. The average molecular weight is 701 g/mol. The number of ether oxygens (including phenoxy) is 1. The summed E-state index contributed by atoms with van der Waals surface area (Å²) in [5.74, 6) is 1.02. The molecule has 0 saturated carbocycles. The van der Waals surface area contributed by atoms with Gasteiger partial charge in [-0.1, -0.05) is 19.6 Å². The predicted octanol–water partition coefficient (Wildman–Crippen LogP) is 3.88. The molecule has 2 aromatic heterocycles. The number of sulfonamides is 1. The first-order chi connectivity index (χ1) is 24.1. The van der Waals surface area contributed by atoms with Crippen molar-refractivity contribution in [2.75, 3.05) is 71.1 Å². The van der Waals surface area contributed by atoms with E-state index in [0.29, 0.717) is 46.4 Å². The highest BCUT2D eigenvalue weighted by atomic mass is 32.2. The summed E-state index contributed by atoms with van der Waals surface area (Å²) in [5, 5.41) is 6.40. The number of methoxy groups -OCH3 is 1. The van der Waals surface area contributed by atoms with Gasteiger partial charge < -0.3 is 25.2 Å². The van der Waals surface area contributed by atoms with Crippen LogP contribution in [0.5, 0.6) is 5.75 Å². The number of nitrogens with one attached hydrogen (secondary N) is 3. The first-order valence-corrected chi connectivity index (χ1v) is 18.3. The van der Waals surface area contributed by atoms with Gasteiger partial charge in [0.05, 0.1) is 24.0 Å². The van der Waals surface area contributed by atoms with Crippen LogP contribution in [0.3, 0.4) is 0 Å². The van der Waals surface area contributed by atoms with Gasteiger partial charge in [-0.3, -0.25) is 19.7 Å². The van der Waals surface area contributed by atoms with Crippen LogP contribution in [0, 0.1) is 0 Å². The molecule has 50 heavy (non-hydrogen) atoms. The Hall–Kier alpha value is -4.70. The molecule has 2 aromatic carbocycles. The molecule has 3 N–H and O–H groups in total. The summed E-state index contributed by atoms with van der Waals surface area (Å²) in [7, 11) is 1.11. The highest BCUT2D eigenvalue weighted by Gasteiger charge is 2.30. The molecular weight excluding hydrogens is 657 g/mol. The quantitative estimate of drug-likeness (QED) is 0.208. The second-order valence-electron chi connectivity index (χ2n) is 12.5. The van der Waals surface area contributed by atoms with Crippen LogP contribution in [0.1, 0.15) is 41.3 Å². The van der Waals surface area contributed by atoms with Gasteiger partial charge in [-0.15, -0.1) is 0 Å². The predicted molar refractivity (Wildman–Crippen MR) is 195 cm³/mol. The number of carbonyl (C=O) groups is 1. The Balaban J connectivity index is 1.24. The Morgan fingerprint density at radius 3 is 2.44 bits per heavy atom. The fourth-order valence-electron chi connectivity index (χ4n) is 6.61. The number of fused-ring (bicyclic) bond motifs is 1. The summed E-state index contributed by atoms with van der Waals surface area (Å²) >= 11 is 0. The van der Waals surface area contributed by atoms with Gasteiger partial charge in [0.15, 0.2) is 0 Å². The average Bonchev–Trinajstić information content (AvgIpc) is 3.14. The molecule has 2 aliphatic rings.